The van der Waals surface area contributed by atoms with Crippen LogP contribution in [0.3, 0.4) is 0 Å². The van der Waals surface area contributed by atoms with Crippen molar-refractivity contribution in [1.82, 2.24) is 4.90 Å². The second kappa shape index (κ2) is 4.88. The van der Waals surface area contributed by atoms with Gasteiger partial charge < -0.3 is 15.7 Å². The average molecular weight is 256 g/mol. The number of carbonyl (C=O) groups excluding carboxylic acids is 1. The first kappa shape index (κ1) is 15.0. The van der Waals surface area contributed by atoms with Gasteiger partial charge in [-0.05, 0) is 46.5 Å². The molecule has 1 saturated carbocycles. The third-order valence-electron chi connectivity index (χ3n) is 3.93. The molecule has 0 saturated heterocycles. The molecule has 0 bridgehead atoms. The molecule has 1 aliphatic carbocycles. The molecule has 0 spiro atoms. The molecule has 0 unspecified atom stereocenters. The van der Waals surface area contributed by atoms with Crippen molar-refractivity contribution in [3.63, 3.8) is 0 Å². The molecular weight excluding hydrogens is 232 g/mol. The topological polar surface area (TPSA) is 83.6 Å². The van der Waals surface area contributed by atoms with Gasteiger partial charge in [-0.15, -0.1) is 0 Å². The van der Waals surface area contributed by atoms with Crippen LogP contribution in [0, 0.1) is 11.3 Å². The number of nitrogens with zero attached hydrogens (tertiary/aromatic N) is 1. The highest BCUT2D eigenvalue weighted by Crippen LogP contribution is 2.34. The third-order valence-corrected chi connectivity index (χ3v) is 3.93. The van der Waals surface area contributed by atoms with E-state index in [1.807, 2.05) is 0 Å². The number of aliphatic carboxylic acids is 1. The van der Waals surface area contributed by atoms with Crippen LogP contribution < -0.4 is 5.73 Å². The van der Waals surface area contributed by atoms with Gasteiger partial charge in [0.25, 0.3) is 0 Å². The van der Waals surface area contributed by atoms with Crippen LogP contribution in [0.1, 0.15) is 40.5 Å². The first-order chi connectivity index (χ1) is 8.05. The molecule has 18 heavy (non-hydrogen) atoms. The Morgan fingerprint density at radius 2 is 1.78 bits per heavy atom. The van der Waals surface area contributed by atoms with Crippen molar-refractivity contribution < 1.29 is 14.7 Å². The Balaban J connectivity index is 2.83. The van der Waals surface area contributed by atoms with Crippen LogP contribution in [0.4, 0.5) is 0 Å². The molecule has 104 valence electrons. The molecule has 1 rings (SSSR count). The first-order valence-corrected chi connectivity index (χ1v) is 6.35. The fourth-order valence-electron chi connectivity index (χ4n) is 1.67. The van der Waals surface area contributed by atoms with Gasteiger partial charge in [0.2, 0.25) is 5.91 Å². The standard InChI is InChI=1S/C13H24N2O3/c1-12(2,13(3,4)14)11(18)15(8-10(16)17)7-9-5-6-9/h9H,5-8,14H2,1-4H3,(H,16,17). The number of carboxylic acid groups (broad SMARTS) is 1. The Labute approximate surface area is 108 Å². The second-order valence-electron chi connectivity index (χ2n) is 6.37. The van der Waals surface area contributed by atoms with Crippen LogP contribution in [-0.2, 0) is 9.59 Å². The summed E-state index contributed by atoms with van der Waals surface area (Å²) >= 11 is 0. The summed E-state index contributed by atoms with van der Waals surface area (Å²) in [6.45, 7) is 7.43. The number of amides is 1. The highest BCUT2D eigenvalue weighted by molar-refractivity contribution is 5.86. The van der Waals surface area contributed by atoms with Crippen LogP contribution in [-0.4, -0.2) is 40.5 Å². The molecule has 0 aromatic rings. The molecule has 0 aromatic heterocycles. The zero-order valence-corrected chi connectivity index (χ0v) is 11.7. The minimum Gasteiger partial charge on any atom is -0.480 e. The van der Waals surface area contributed by atoms with Gasteiger partial charge in [-0.2, -0.15) is 0 Å². The lowest BCUT2D eigenvalue weighted by Gasteiger charge is -2.40. The quantitative estimate of drug-likeness (QED) is 0.744. The normalized spacial score (nSPS) is 16.5. The third kappa shape index (κ3) is 3.45. The molecule has 1 amide bonds. The number of nitrogens with two attached hydrogens (primary N) is 1. The molecule has 5 heteroatoms. The van der Waals surface area contributed by atoms with Crippen molar-refractivity contribution >= 4 is 11.9 Å². The van der Waals surface area contributed by atoms with Crippen LogP contribution in [0.5, 0.6) is 0 Å². The predicted molar refractivity (Wildman–Crippen MR) is 69.0 cm³/mol. The Morgan fingerprint density at radius 3 is 2.11 bits per heavy atom. The van der Waals surface area contributed by atoms with Crippen LogP contribution in [0.15, 0.2) is 0 Å². The minimum absolute atomic E-state index is 0.177. The van der Waals surface area contributed by atoms with E-state index in [9.17, 15) is 9.59 Å². The summed E-state index contributed by atoms with van der Waals surface area (Å²) in [7, 11) is 0. The van der Waals surface area contributed by atoms with Crippen molar-refractivity contribution in [3.05, 3.63) is 0 Å². The highest BCUT2D eigenvalue weighted by Gasteiger charge is 2.44. The van der Waals surface area contributed by atoms with Gasteiger partial charge in [0.1, 0.15) is 6.54 Å². The molecular formula is C13H24N2O3. The van der Waals surface area contributed by atoms with Crippen molar-refractivity contribution in [2.24, 2.45) is 17.1 Å². The largest absolute Gasteiger partial charge is 0.480 e. The second-order valence-corrected chi connectivity index (χ2v) is 6.37. The van der Waals surface area contributed by atoms with Crippen molar-refractivity contribution in [2.45, 2.75) is 46.1 Å². The van der Waals surface area contributed by atoms with E-state index in [1.54, 1.807) is 27.7 Å². The summed E-state index contributed by atoms with van der Waals surface area (Å²) < 4.78 is 0. The number of carboxylic acids is 1. The molecule has 5 nitrogen and oxygen atoms in total. The monoisotopic (exact) mass is 256 g/mol. The van der Waals surface area contributed by atoms with E-state index < -0.39 is 16.9 Å². The molecule has 0 heterocycles. The molecule has 0 radical (unpaired) electrons. The lowest BCUT2D eigenvalue weighted by molar-refractivity contribution is -0.151. The van der Waals surface area contributed by atoms with E-state index in [2.05, 4.69) is 0 Å². The Bertz CT molecular complexity index is 341. The maximum atomic E-state index is 12.5. The summed E-state index contributed by atoms with van der Waals surface area (Å²) in [6, 6.07) is 0. The summed E-state index contributed by atoms with van der Waals surface area (Å²) in [4.78, 5) is 24.8. The summed E-state index contributed by atoms with van der Waals surface area (Å²) in [5.41, 5.74) is 4.56. The fourth-order valence-corrected chi connectivity index (χ4v) is 1.67. The van der Waals surface area contributed by atoms with Crippen molar-refractivity contribution in [1.29, 1.82) is 0 Å². The maximum absolute atomic E-state index is 12.5. The van der Waals surface area contributed by atoms with Gasteiger partial charge in [-0.3, -0.25) is 9.59 Å². The zero-order chi connectivity index (χ0) is 14.1. The van der Waals surface area contributed by atoms with Crippen molar-refractivity contribution in [2.75, 3.05) is 13.1 Å². The summed E-state index contributed by atoms with van der Waals surface area (Å²) in [5.74, 6) is -0.691. The fraction of sp³-hybridized carbons (Fsp3) is 0.846. The zero-order valence-electron chi connectivity index (χ0n) is 11.7. The van der Waals surface area contributed by atoms with Gasteiger partial charge in [0.05, 0.1) is 5.41 Å². The van der Waals surface area contributed by atoms with Gasteiger partial charge in [0.15, 0.2) is 0 Å². The molecule has 0 atom stereocenters. The van der Waals surface area contributed by atoms with E-state index in [-0.39, 0.29) is 12.5 Å². The van der Waals surface area contributed by atoms with Crippen LogP contribution >= 0.6 is 0 Å². The maximum Gasteiger partial charge on any atom is 0.323 e. The molecule has 1 fully saturated rings. The summed E-state index contributed by atoms with van der Waals surface area (Å²) in [5, 5.41) is 8.91. The Morgan fingerprint density at radius 1 is 1.28 bits per heavy atom. The van der Waals surface area contributed by atoms with Gasteiger partial charge in [-0.1, -0.05) is 0 Å². The van der Waals surface area contributed by atoms with Crippen molar-refractivity contribution in [3.8, 4) is 0 Å². The number of hydrogen-bond acceptors (Lipinski definition) is 3. The average Bonchev–Trinajstić information content (AvgIpc) is 2.96. The van der Waals surface area contributed by atoms with E-state index >= 15 is 0 Å². The lowest BCUT2D eigenvalue weighted by atomic mass is 9.74. The molecule has 1 aliphatic rings. The molecule has 0 aromatic carbocycles. The first-order valence-electron chi connectivity index (χ1n) is 6.35. The predicted octanol–water partition coefficient (Wildman–Crippen LogP) is 1.07. The lowest BCUT2D eigenvalue weighted by Crippen LogP contribution is -2.57. The Hall–Kier alpha value is -1.10. The van der Waals surface area contributed by atoms with E-state index in [0.717, 1.165) is 12.8 Å². The Kier molecular flexibility index (Phi) is 4.05. The van der Waals surface area contributed by atoms with Gasteiger partial charge >= 0.3 is 5.97 Å². The number of hydrogen-bond donors (Lipinski definition) is 2. The van der Waals surface area contributed by atoms with E-state index in [1.165, 1.54) is 4.90 Å². The SMILES string of the molecule is CC(C)(N)C(C)(C)C(=O)N(CC(=O)O)CC1CC1. The van der Waals surface area contributed by atoms with Crippen LogP contribution in [0.2, 0.25) is 0 Å². The van der Waals surface area contributed by atoms with Gasteiger partial charge in [0, 0.05) is 12.1 Å². The van der Waals surface area contributed by atoms with E-state index in [0.29, 0.717) is 12.5 Å². The number of carbonyl (C=O) groups is 2. The summed E-state index contributed by atoms with van der Waals surface area (Å²) in [6.07, 6.45) is 2.16. The highest BCUT2D eigenvalue weighted by atomic mass is 16.4. The molecule has 0 aliphatic heterocycles. The molecule has 3 N–H and O–H groups in total. The number of rotatable bonds is 6. The van der Waals surface area contributed by atoms with Crippen LogP contribution in [0.25, 0.3) is 0 Å². The van der Waals surface area contributed by atoms with Gasteiger partial charge in [-0.25, -0.2) is 0 Å². The smallest absolute Gasteiger partial charge is 0.323 e. The minimum atomic E-state index is -0.977. The van der Waals surface area contributed by atoms with E-state index in [4.69, 9.17) is 10.8 Å².